The Hall–Kier alpha value is -0.620. The zero-order valence-corrected chi connectivity index (χ0v) is 10.5. The Morgan fingerprint density at radius 3 is 2.50 bits per heavy atom. The number of carboxylic acid groups (broad SMARTS) is 1. The molecule has 0 radical (unpaired) electrons. The third-order valence-corrected chi connectivity index (χ3v) is 3.05. The predicted molar refractivity (Wildman–Crippen MR) is 60.1 cm³/mol. The van der Waals surface area contributed by atoms with Gasteiger partial charge in [-0.25, -0.2) is 14.7 Å². The standard InChI is InChI=1S/C8H11BrN2O2S/c1-8(2,3)11(7(12)13)6-10-5(9)4-14-6/h4H,1-3H3,(H,12,13). The lowest BCUT2D eigenvalue weighted by Gasteiger charge is -2.30. The molecule has 1 aromatic rings. The third kappa shape index (κ3) is 2.45. The van der Waals surface area contributed by atoms with Gasteiger partial charge in [0.25, 0.3) is 0 Å². The van der Waals surface area contributed by atoms with Crippen LogP contribution in [0.3, 0.4) is 0 Å². The fourth-order valence-corrected chi connectivity index (χ4v) is 2.43. The lowest BCUT2D eigenvalue weighted by molar-refractivity contribution is 0.195. The number of amides is 1. The van der Waals surface area contributed by atoms with Crippen LogP contribution in [0.2, 0.25) is 0 Å². The zero-order chi connectivity index (χ0) is 10.9. The number of anilines is 1. The van der Waals surface area contributed by atoms with Crippen LogP contribution in [0.5, 0.6) is 0 Å². The highest BCUT2D eigenvalue weighted by Gasteiger charge is 2.29. The molecule has 4 nitrogen and oxygen atoms in total. The van der Waals surface area contributed by atoms with Crippen molar-refractivity contribution in [2.75, 3.05) is 4.90 Å². The van der Waals surface area contributed by atoms with Crippen molar-refractivity contribution in [1.82, 2.24) is 4.98 Å². The molecule has 1 N–H and O–H groups in total. The van der Waals surface area contributed by atoms with E-state index in [1.165, 1.54) is 16.2 Å². The molecular formula is C8H11BrN2O2S. The molecule has 1 amide bonds. The van der Waals surface area contributed by atoms with Gasteiger partial charge in [0.2, 0.25) is 0 Å². The summed E-state index contributed by atoms with van der Waals surface area (Å²) in [7, 11) is 0. The minimum atomic E-state index is -0.987. The highest BCUT2D eigenvalue weighted by Crippen LogP contribution is 2.29. The minimum Gasteiger partial charge on any atom is -0.465 e. The van der Waals surface area contributed by atoms with Crippen molar-refractivity contribution in [3.63, 3.8) is 0 Å². The fourth-order valence-electron chi connectivity index (χ4n) is 1.00. The summed E-state index contributed by atoms with van der Waals surface area (Å²) >= 11 is 4.50. The Labute approximate surface area is 94.7 Å². The molecule has 0 saturated carbocycles. The highest BCUT2D eigenvalue weighted by molar-refractivity contribution is 9.10. The molecule has 14 heavy (non-hydrogen) atoms. The van der Waals surface area contributed by atoms with Crippen LogP contribution in [-0.4, -0.2) is 21.7 Å². The first-order valence-electron chi connectivity index (χ1n) is 3.96. The quantitative estimate of drug-likeness (QED) is 0.858. The van der Waals surface area contributed by atoms with Crippen LogP contribution in [0.15, 0.2) is 9.98 Å². The molecule has 6 heteroatoms. The Morgan fingerprint density at radius 1 is 1.64 bits per heavy atom. The highest BCUT2D eigenvalue weighted by atomic mass is 79.9. The van der Waals surface area contributed by atoms with E-state index >= 15 is 0 Å². The molecule has 0 aliphatic heterocycles. The molecule has 0 aliphatic rings. The molecule has 78 valence electrons. The van der Waals surface area contributed by atoms with Gasteiger partial charge in [-0.05, 0) is 36.7 Å². The third-order valence-electron chi connectivity index (χ3n) is 1.52. The molecule has 0 atom stereocenters. The van der Waals surface area contributed by atoms with Gasteiger partial charge in [0.1, 0.15) is 4.60 Å². The smallest absolute Gasteiger partial charge is 0.414 e. The topological polar surface area (TPSA) is 53.4 Å². The van der Waals surface area contributed by atoms with Gasteiger partial charge in [-0.1, -0.05) is 0 Å². The van der Waals surface area contributed by atoms with Gasteiger partial charge in [0.15, 0.2) is 5.13 Å². The first-order valence-corrected chi connectivity index (χ1v) is 5.64. The molecule has 0 saturated heterocycles. The van der Waals surface area contributed by atoms with Crippen molar-refractivity contribution in [3.8, 4) is 0 Å². The monoisotopic (exact) mass is 278 g/mol. The second-order valence-corrected chi connectivity index (χ2v) is 5.39. The van der Waals surface area contributed by atoms with Crippen LogP contribution >= 0.6 is 27.3 Å². The van der Waals surface area contributed by atoms with E-state index in [0.29, 0.717) is 9.73 Å². The Bertz CT molecular complexity index is 345. The van der Waals surface area contributed by atoms with E-state index in [1.54, 1.807) is 5.38 Å². The Kier molecular flexibility index (Phi) is 3.16. The fraction of sp³-hybridized carbons (Fsp3) is 0.500. The maximum absolute atomic E-state index is 11.0. The van der Waals surface area contributed by atoms with Crippen LogP contribution in [0, 0.1) is 0 Å². The summed E-state index contributed by atoms with van der Waals surface area (Å²) in [5, 5.41) is 11.3. The van der Waals surface area contributed by atoms with Crippen LogP contribution in [0.4, 0.5) is 9.93 Å². The van der Waals surface area contributed by atoms with Crippen molar-refractivity contribution < 1.29 is 9.90 Å². The average Bonchev–Trinajstić information content (AvgIpc) is 2.31. The lowest BCUT2D eigenvalue weighted by atomic mass is 10.1. The second kappa shape index (κ2) is 3.86. The van der Waals surface area contributed by atoms with Crippen molar-refractivity contribution >= 4 is 38.5 Å². The van der Waals surface area contributed by atoms with Crippen molar-refractivity contribution in [2.24, 2.45) is 0 Å². The summed E-state index contributed by atoms with van der Waals surface area (Å²) < 4.78 is 0.660. The number of carbonyl (C=O) groups is 1. The van der Waals surface area contributed by atoms with Crippen LogP contribution in [0.1, 0.15) is 20.8 Å². The van der Waals surface area contributed by atoms with Gasteiger partial charge < -0.3 is 5.11 Å². The van der Waals surface area contributed by atoms with E-state index in [9.17, 15) is 4.79 Å². The van der Waals surface area contributed by atoms with E-state index < -0.39 is 11.6 Å². The number of rotatable bonds is 1. The molecule has 0 unspecified atom stereocenters. The maximum atomic E-state index is 11.0. The van der Waals surface area contributed by atoms with Gasteiger partial charge >= 0.3 is 6.09 Å². The minimum absolute atomic E-state index is 0.483. The van der Waals surface area contributed by atoms with Crippen LogP contribution in [-0.2, 0) is 0 Å². The summed E-state index contributed by atoms with van der Waals surface area (Å²) in [4.78, 5) is 16.4. The van der Waals surface area contributed by atoms with Crippen molar-refractivity contribution in [2.45, 2.75) is 26.3 Å². The first kappa shape index (κ1) is 11.5. The molecule has 1 aromatic heterocycles. The van der Waals surface area contributed by atoms with E-state index in [4.69, 9.17) is 5.11 Å². The summed E-state index contributed by atoms with van der Waals surface area (Å²) in [6.45, 7) is 5.49. The van der Waals surface area contributed by atoms with E-state index in [1.807, 2.05) is 20.8 Å². The van der Waals surface area contributed by atoms with Gasteiger partial charge in [0, 0.05) is 10.9 Å². The second-order valence-electron chi connectivity index (χ2n) is 3.74. The molecule has 1 rings (SSSR count). The van der Waals surface area contributed by atoms with Gasteiger partial charge in [-0.2, -0.15) is 0 Å². The molecule has 0 fully saturated rings. The van der Waals surface area contributed by atoms with Crippen molar-refractivity contribution in [1.29, 1.82) is 0 Å². The van der Waals surface area contributed by atoms with Crippen molar-refractivity contribution in [3.05, 3.63) is 9.98 Å². The molecule has 0 spiro atoms. The number of hydrogen-bond acceptors (Lipinski definition) is 3. The number of hydrogen-bond donors (Lipinski definition) is 1. The predicted octanol–water partition coefficient (Wildman–Crippen LogP) is 3.19. The Morgan fingerprint density at radius 2 is 2.21 bits per heavy atom. The number of aromatic nitrogens is 1. The molecule has 0 bridgehead atoms. The Balaban J connectivity index is 3.07. The molecule has 0 aromatic carbocycles. The normalized spacial score (nSPS) is 11.4. The maximum Gasteiger partial charge on any atom is 0.414 e. The van der Waals surface area contributed by atoms with Gasteiger partial charge in [-0.3, -0.25) is 0 Å². The van der Waals surface area contributed by atoms with E-state index in [2.05, 4.69) is 20.9 Å². The summed E-state index contributed by atoms with van der Waals surface area (Å²) in [5.41, 5.74) is -0.483. The number of halogens is 1. The summed E-state index contributed by atoms with van der Waals surface area (Å²) in [5.74, 6) is 0. The number of thiazole rings is 1. The average molecular weight is 279 g/mol. The van der Waals surface area contributed by atoms with Crippen LogP contribution in [0.25, 0.3) is 0 Å². The van der Waals surface area contributed by atoms with Crippen LogP contribution < -0.4 is 4.90 Å². The SMILES string of the molecule is CC(C)(C)N(C(=O)O)c1nc(Br)cs1. The molecule has 1 heterocycles. The largest absolute Gasteiger partial charge is 0.465 e. The number of nitrogens with zero attached hydrogens (tertiary/aromatic N) is 2. The zero-order valence-electron chi connectivity index (χ0n) is 8.11. The first-order chi connectivity index (χ1) is 6.32. The lowest BCUT2D eigenvalue weighted by Crippen LogP contribution is -2.45. The molecule has 0 aliphatic carbocycles. The van der Waals surface area contributed by atoms with E-state index in [-0.39, 0.29) is 0 Å². The summed E-state index contributed by atoms with van der Waals surface area (Å²) in [6, 6.07) is 0. The van der Waals surface area contributed by atoms with E-state index in [0.717, 1.165) is 0 Å². The van der Waals surface area contributed by atoms with Gasteiger partial charge in [0.05, 0.1) is 0 Å². The molecular weight excluding hydrogens is 268 g/mol. The van der Waals surface area contributed by atoms with Gasteiger partial charge in [-0.15, -0.1) is 11.3 Å². The summed E-state index contributed by atoms with van der Waals surface area (Å²) in [6.07, 6.45) is -0.987.